The molecule has 0 fully saturated rings. The lowest BCUT2D eigenvalue weighted by atomic mass is 10.2. The third-order valence-corrected chi connectivity index (χ3v) is 4.19. The zero-order chi connectivity index (χ0) is 10.6. The first-order valence-corrected chi connectivity index (χ1v) is 6.93. The summed E-state index contributed by atoms with van der Waals surface area (Å²) >= 11 is 14.5. The van der Waals surface area contributed by atoms with E-state index >= 15 is 0 Å². The van der Waals surface area contributed by atoms with Crippen molar-refractivity contribution in [1.82, 2.24) is 0 Å². The summed E-state index contributed by atoms with van der Waals surface area (Å²) in [6, 6.07) is 1.64. The summed E-state index contributed by atoms with van der Waals surface area (Å²) in [6.07, 6.45) is 1.08. The number of hydrogen-bond donors (Lipinski definition) is 0. The molecule has 0 N–H and O–H groups in total. The zero-order valence-electron chi connectivity index (χ0n) is 7.68. The van der Waals surface area contributed by atoms with Gasteiger partial charge in [-0.25, -0.2) is 0 Å². The van der Waals surface area contributed by atoms with Gasteiger partial charge in [0.1, 0.15) is 4.34 Å². The molecule has 0 spiro atoms. The first-order valence-electron chi connectivity index (χ1n) is 4.21. The molecule has 1 nitrogen and oxygen atoms in total. The van der Waals surface area contributed by atoms with Crippen molar-refractivity contribution < 1.29 is 4.79 Å². The van der Waals surface area contributed by atoms with E-state index in [1.807, 2.05) is 0 Å². The van der Waals surface area contributed by atoms with Crippen LogP contribution in [-0.4, -0.2) is 17.3 Å². The normalized spacial score (nSPS) is 10.5. The van der Waals surface area contributed by atoms with Crippen LogP contribution in [0.3, 0.4) is 0 Å². The lowest BCUT2D eigenvalue weighted by molar-refractivity contribution is 0.102. The average molecular weight is 269 g/mol. The molecule has 1 aromatic heterocycles. The maximum Gasteiger partial charge on any atom is 0.175 e. The number of hydrogen-bond acceptors (Lipinski definition) is 3. The van der Waals surface area contributed by atoms with Crippen LogP contribution in [0.5, 0.6) is 0 Å². The highest BCUT2D eigenvalue weighted by molar-refractivity contribution is 7.99. The van der Waals surface area contributed by atoms with Gasteiger partial charge in [-0.2, -0.15) is 11.8 Å². The van der Waals surface area contributed by atoms with Gasteiger partial charge in [0.2, 0.25) is 0 Å². The minimum Gasteiger partial charge on any atom is -0.293 e. The van der Waals surface area contributed by atoms with Gasteiger partial charge in [0.15, 0.2) is 5.78 Å². The Bertz CT molecular complexity index is 323. The second kappa shape index (κ2) is 6.01. The number of thioether (sulfide) groups is 1. The molecule has 1 rings (SSSR count). The van der Waals surface area contributed by atoms with Crippen molar-refractivity contribution in [3.05, 3.63) is 20.3 Å². The predicted molar refractivity (Wildman–Crippen MR) is 66.3 cm³/mol. The fraction of sp³-hybridized carbons (Fsp3) is 0.444. The minimum atomic E-state index is 0.0663. The third kappa shape index (κ3) is 3.46. The fourth-order valence-electron chi connectivity index (χ4n) is 0.917. The van der Waals surface area contributed by atoms with Crippen molar-refractivity contribution in [2.75, 3.05) is 11.5 Å². The quantitative estimate of drug-likeness (QED) is 0.582. The summed E-state index contributed by atoms with van der Waals surface area (Å²) in [4.78, 5) is 11.6. The molecule has 0 aliphatic rings. The van der Waals surface area contributed by atoms with E-state index in [2.05, 4.69) is 6.92 Å². The Hall–Kier alpha value is 0.300. The van der Waals surface area contributed by atoms with Crippen LogP contribution in [0.1, 0.15) is 23.7 Å². The predicted octanol–water partition coefficient (Wildman–Crippen LogP) is 4.38. The summed E-state index contributed by atoms with van der Waals surface area (Å²) in [7, 11) is 0. The first-order chi connectivity index (χ1) is 6.65. The number of rotatable bonds is 5. The third-order valence-electron chi connectivity index (χ3n) is 1.54. The summed E-state index contributed by atoms with van der Waals surface area (Å²) in [5, 5.41) is 0. The maximum absolute atomic E-state index is 11.6. The maximum atomic E-state index is 11.6. The lowest BCUT2D eigenvalue weighted by Crippen LogP contribution is -2.01. The highest BCUT2D eigenvalue weighted by atomic mass is 35.5. The standard InChI is InChI=1S/C9H10Cl2OS2/c1-2-3-13-5-7(12)6-4-8(10)14-9(6)11/h4H,2-3,5H2,1H3. The average Bonchev–Trinajstić information content (AvgIpc) is 2.45. The molecule has 1 heterocycles. The summed E-state index contributed by atoms with van der Waals surface area (Å²) in [6.45, 7) is 2.09. The molecule has 0 saturated heterocycles. The number of Topliss-reactive ketones (excluding diaryl/α,β-unsaturated/α-hetero) is 1. The topological polar surface area (TPSA) is 17.1 Å². The van der Waals surface area contributed by atoms with Crippen LogP contribution in [0, 0.1) is 0 Å². The Morgan fingerprint density at radius 3 is 2.79 bits per heavy atom. The van der Waals surface area contributed by atoms with Gasteiger partial charge >= 0.3 is 0 Å². The van der Waals surface area contributed by atoms with Crippen LogP contribution >= 0.6 is 46.3 Å². The van der Waals surface area contributed by atoms with Crippen molar-refractivity contribution in [2.24, 2.45) is 0 Å². The van der Waals surface area contributed by atoms with Gasteiger partial charge in [-0.15, -0.1) is 11.3 Å². The molecular formula is C9H10Cl2OS2. The number of ketones is 1. The zero-order valence-corrected chi connectivity index (χ0v) is 10.8. The van der Waals surface area contributed by atoms with Crippen molar-refractivity contribution >= 4 is 52.1 Å². The molecule has 0 amide bonds. The molecule has 1 aromatic rings. The molecule has 14 heavy (non-hydrogen) atoms. The van der Waals surface area contributed by atoms with E-state index in [4.69, 9.17) is 23.2 Å². The van der Waals surface area contributed by atoms with Crippen LogP contribution in [0.2, 0.25) is 8.67 Å². The molecule has 0 aliphatic heterocycles. The van der Waals surface area contributed by atoms with Crippen molar-refractivity contribution in [1.29, 1.82) is 0 Å². The van der Waals surface area contributed by atoms with Gasteiger partial charge in [0, 0.05) is 5.56 Å². The van der Waals surface area contributed by atoms with Gasteiger partial charge in [-0.1, -0.05) is 30.1 Å². The number of thiophene rings is 1. The van der Waals surface area contributed by atoms with E-state index in [0.717, 1.165) is 12.2 Å². The molecule has 78 valence electrons. The Kier molecular flexibility index (Phi) is 5.31. The highest BCUT2D eigenvalue weighted by Gasteiger charge is 2.13. The summed E-state index contributed by atoms with van der Waals surface area (Å²) in [5.74, 6) is 1.55. The van der Waals surface area contributed by atoms with E-state index in [0.29, 0.717) is 20.0 Å². The molecule has 0 aliphatic carbocycles. The molecular weight excluding hydrogens is 259 g/mol. The van der Waals surface area contributed by atoms with E-state index in [9.17, 15) is 4.79 Å². The Labute approximate surface area is 102 Å². The second-order valence-electron chi connectivity index (χ2n) is 2.71. The molecule has 0 aromatic carbocycles. The number of carbonyl (C=O) groups is 1. The lowest BCUT2D eigenvalue weighted by Gasteiger charge is -1.97. The van der Waals surface area contributed by atoms with E-state index in [-0.39, 0.29) is 5.78 Å². The fourth-order valence-corrected chi connectivity index (χ4v) is 3.19. The number of halogens is 2. The minimum absolute atomic E-state index is 0.0663. The Balaban J connectivity index is 2.56. The molecule has 0 radical (unpaired) electrons. The van der Waals surface area contributed by atoms with Gasteiger partial charge in [-0.05, 0) is 18.2 Å². The van der Waals surface area contributed by atoms with Crippen molar-refractivity contribution in [2.45, 2.75) is 13.3 Å². The van der Waals surface area contributed by atoms with Crippen LogP contribution in [0.25, 0.3) is 0 Å². The highest BCUT2D eigenvalue weighted by Crippen LogP contribution is 2.31. The van der Waals surface area contributed by atoms with Crippen LogP contribution < -0.4 is 0 Å². The molecule has 0 bridgehead atoms. The monoisotopic (exact) mass is 268 g/mol. The largest absolute Gasteiger partial charge is 0.293 e. The molecule has 0 saturated carbocycles. The molecule has 5 heteroatoms. The van der Waals surface area contributed by atoms with Crippen LogP contribution in [0.4, 0.5) is 0 Å². The Morgan fingerprint density at radius 2 is 2.29 bits per heavy atom. The number of carbonyl (C=O) groups excluding carboxylic acids is 1. The molecule has 0 atom stereocenters. The SMILES string of the molecule is CCCSCC(=O)c1cc(Cl)sc1Cl. The Morgan fingerprint density at radius 1 is 1.57 bits per heavy atom. The van der Waals surface area contributed by atoms with E-state index < -0.39 is 0 Å². The van der Waals surface area contributed by atoms with Gasteiger partial charge in [0.25, 0.3) is 0 Å². The first kappa shape index (κ1) is 12.4. The van der Waals surface area contributed by atoms with Crippen LogP contribution in [-0.2, 0) is 0 Å². The second-order valence-corrected chi connectivity index (χ2v) is 6.10. The van der Waals surface area contributed by atoms with E-state index in [1.54, 1.807) is 17.8 Å². The summed E-state index contributed by atoms with van der Waals surface area (Å²) < 4.78 is 1.07. The van der Waals surface area contributed by atoms with Gasteiger partial charge in [0.05, 0.1) is 10.1 Å². The molecule has 0 unspecified atom stereocenters. The smallest absolute Gasteiger partial charge is 0.175 e. The van der Waals surface area contributed by atoms with Crippen molar-refractivity contribution in [3.63, 3.8) is 0 Å². The van der Waals surface area contributed by atoms with Crippen LogP contribution in [0.15, 0.2) is 6.07 Å². The summed E-state index contributed by atoms with van der Waals surface area (Å²) in [5.41, 5.74) is 0.560. The van der Waals surface area contributed by atoms with Gasteiger partial charge in [-0.3, -0.25) is 4.79 Å². The van der Waals surface area contributed by atoms with Gasteiger partial charge < -0.3 is 0 Å². The van der Waals surface area contributed by atoms with E-state index in [1.165, 1.54) is 11.3 Å². The van der Waals surface area contributed by atoms with Crippen molar-refractivity contribution in [3.8, 4) is 0 Å².